The van der Waals surface area contributed by atoms with Crippen molar-refractivity contribution in [1.29, 1.82) is 0 Å². The lowest BCUT2D eigenvalue weighted by Gasteiger charge is -2.11. The summed E-state index contributed by atoms with van der Waals surface area (Å²) in [6, 6.07) is 4.15. The van der Waals surface area contributed by atoms with Gasteiger partial charge in [0.05, 0.1) is 0 Å². The molecule has 0 bridgehead atoms. The standard InChI is InChI=1S/C17H21N5O2/c23-15(19-13-5-1-2-6-13)11-21-17(24)22(14-7-8-14)16(20-21)12-4-3-9-18-10-12/h3-4,9-10,13-14H,1-2,5-8,11H2,(H,19,23). The molecular weight excluding hydrogens is 306 g/mol. The van der Waals surface area contributed by atoms with Crippen molar-refractivity contribution in [2.24, 2.45) is 0 Å². The highest BCUT2D eigenvalue weighted by atomic mass is 16.2. The Hall–Kier alpha value is -2.44. The second-order valence-electron chi connectivity index (χ2n) is 6.66. The number of amides is 1. The Labute approximate surface area is 139 Å². The first-order valence-electron chi connectivity index (χ1n) is 8.61. The summed E-state index contributed by atoms with van der Waals surface area (Å²) < 4.78 is 2.99. The second kappa shape index (κ2) is 6.22. The van der Waals surface area contributed by atoms with E-state index in [1.54, 1.807) is 17.0 Å². The molecule has 2 heterocycles. The number of pyridine rings is 1. The zero-order valence-electron chi connectivity index (χ0n) is 13.5. The van der Waals surface area contributed by atoms with Crippen LogP contribution in [-0.4, -0.2) is 31.3 Å². The fourth-order valence-electron chi connectivity index (χ4n) is 3.36. The van der Waals surface area contributed by atoms with E-state index in [0.717, 1.165) is 44.1 Å². The van der Waals surface area contributed by atoms with Gasteiger partial charge in [0.1, 0.15) is 6.54 Å². The Bertz CT molecular complexity index is 785. The zero-order valence-corrected chi connectivity index (χ0v) is 13.5. The Morgan fingerprint density at radius 3 is 2.71 bits per heavy atom. The molecule has 0 aromatic carbocycles. The van der Waals surface area contributed by atoms with Crippen LogP contribution in [0, 0.1) is 0 Å². The number of aromatic nitrogens is 4. The van der Waals surface area contributed by atoms with E-state index in [1.165, 1.54) is 4.68 Å². The van der Waals surface area contributed by atoms with E-state index in [4.69, 9.17) is 0 Å². The molecular formula is C17H21N5O2. The molecule has 2 aromatic rings. The number of carbonyl (C=O) groups is 1. The molecule has 2 aliphatic carbocycles. The van der Waals surface area contributed by atoms with Gasteiger partial charge in [-0.25, -0.2) is 9.48 Å². The van der Waals surface area contributed by atoms with Gasteiger partial charge in [0.25, 0.3) is 0 Å². The van der Waals surface area contributed by atoms with Crippen molar-refractivity contribution < 1.29 is 4.79 Å². The number of nitrogens with zero attached hydrogens (tertiary/aromatic N) is 4. The summed E-state index contributed by atoms with van der Waals surface area (Å²) in [6.07, 6.45) is 9.72. The summed E-state index contributed by atoms with van der Waals surface area (Å²) in [5.41, 5.74) is 0.592. The van der Waals surface area contributed by atoms with Gasteiger partial charge in [-0.05, 0) is 37.8 Å². The van der Waals surface area contributed by atoms with E-state index in [9.17, 15) is 9.59 Å². The number of nitrogens with one attached hydrogen (secondary N) is 1. The molecule has 1 N–H and O–H groups in total. The van der Waals surface area contributed by atoms with Crippen LogP contribution in [0.4, 0.5) is 0 Å². The molecule has 0 radical (unpaired) electrons. The molecule has 2 saturated carbocycles. The van der Waals surface area contributed by atoms with Crippen LogP contribution in [0.5, 0.6) is 0 Å². The van der Waals surface area contributed by atoms with Crippen LogP contribution in [0.2, 0.25) is 0 Å². The van der Waals surface area contributed by atoms with Crippen LogP contribution in [0.25, 0.3) is 11.4 Å². The van der Waals surface area contributed by atoms with Crippen molar-refractivity contribution >= 4 is 5.91 Å². The SMILES string of the molecule is O=C(Cn1nc(-c2cccnc2)n(C2CC2)c1=O)NC1CCCC1. The third-order valence-electron chi connectivity index (χ3n) is 4.72. The monoisotopic (exact) mass is 327 g/mol. The molecule has 2 fully saturated rings. The molecule has 24 heavy (non-hydrogen) atoms. The summed E-state index contributed by atoms with van der Waals surface area (Å²) in [5, 5.41) is 7.43. The van der Waals surface area contributed by atoms with Crippen LogP contribution in [0.15, 0.2) is 29.3 Å². The molecule has 0 saturated heterocycles. The molecule has 0 unspecified atom stereocenters. The molecule has 7 heteroatoms. The van der Waals surface area contributed by atoms with Gasteiger partial charge in [0, 0.05) is 30.0 Å². The lowest BCUT2D eigenvalue weighted by molar-refractivity contribution is -0.122. The Balaban J connectivity index is 1.59. The number of rotatable bonds is 5. The second-order valence-corrected chi connectivity index (χ2v) is 6.66. The van der Waals surface area contributed by atoms with Crippen molar-refractivity contribution in [2.75, 3.05) is 0 Å². The molecule has 0 spiro atoms. The molecule has 126 valence electrons. The van der Waals surface area contributed by atoms with Crippen LogP contribution < -0.4 is 11.0 Å². The Morgan fingerprint density at radius 1 is 1.25 bits per heavy atom. The van der Waals surface area contributed by atoms with Crippen molar-refractivity contribution in [3.8, 4) is 11.4 Å². The predicted octanol–water partition coefficient (Wildman–Crippen LogP) is 1.50. The van der Waals surface area contributed by atoms with Gasteiger partial charge in [0.15, 0.2) is 5.82 Å². The average Bonchev–Trinajstić information content (AvgIpc) is 3.20. The summed E-state index contributed by atoms with van der Waals surface area (Å²) in [4.78, 5) is 29.0. The van der Waals surface area contributed by atoms with Gasteiger partial charge in [-0.15, -0.1) is 5.10 Å². The molecule has 2 aromatic heterocycles. The van der Waals surface area contributed by atoms with Gasteiger partial charge >= 0.3 is 5.69 Å². The minimum absolute atomic E-state index is 0.0255. The average molecular weight is 327 g/mol. The maximum atomic E-state index is 12.7. The van der Waals surface area contributed by atoms with Gasteiger partial charge in [-0.1, -0.05) is 12.8 Å². The summed E-state index contributed by atoms with van der Waals surface area (Å²) in [5.74, 6) is 0.464. The third kappa shape index (κ3) is 2.98. The summed E-state index contributed by atoms with van der Waals surface area (Å²) in [7, 11) is 0. The smallest absolute Gasteiger partial charge is 0.346 e. The maximum Gasteiger partial charge on any atom is 0.346 e. The molecule has 4 rings (SSSR count). The van der Waals surface area contributed by atoms with Crippen LogP contribution in [0.1, 0.15) is 44.6 Å². The minimum Gasteiger partial charge on any atom is -0.352 e. The molecule has 2 aliphatic rings. The van der Waals surface area contributed by atoms with Crippen molar-refractivity contribution in [2.45, 2.75) is 57.2 Å². The quantitative estimate of drug-likeness (QED) is 0.902. The predicted molar refractivity (Wildman–Crippen MR) is 88.4 cm³/mol. The Morgan fingerprint density at radius 2 is 2.04 bits per heavy atom. The fraction of sp³-hybridized carbons (Fsp3) is 0.529. The fourth-order valence-corrected chi connectivity index (χ4v) is 3.36. The summed E-state index contributed by atoms with van der Waals surface area (Å²) >= 11 is 0. The van der Waals surface area contributed by atoms with Crippen LogP contribution in [-0.2, 0) is 11.3 Å². The number of hydrogen-bond acceptors (Lipinski definition) is 4. The van der Waals surface area contributed by atoms with E-state index in [2.05, 4.69) is 15.4 Å². The van der Waals surface area contributed by atoms with E-state index in [-0.39, 0.29) is 30.2 Å². The summed E-state index contributed by atoms with van der Waals surface area (Å²) in [6.45, 7) is -0.0255. The van der Waals surface area contributed by atoms with Crippen molar-refractivity contribution in [3.63, 3.8) is 0 Å². The Kier molecular flexibility index (Phi) is 3.92. The largest absolute Gasteiger partial charge is 0.352 e. The van der Waals surface area contributed by atoms with Gasteiger partial charge in [0.2, 0.25) is 5.91 Å². The zero-order chi connectivity index (χ0) is 16.5. The van der Waals surface area contributed by atoms with Crippen molar-refractivity contribution in [3.05, 3.63) is 35.0 Å². The normalized spacial score (nSPS) is 18.0. The maximum absolute atomic E-state index is 12.7. The number of carbonyl (C=O) groups excluding carboxylic acids is 1. The van der Waals surface area contributed by atoms with E-state index in [1.807, 2.05) is 12.1 Å². The first-order valence-corrected chi connectivity index (χ1v) is 8.61. The number of hydrogen-bond donors (Lipinski definition) is 1. The van der Waals surface area contributed by atoms with Crippen LogP contribution >= 0.6 is 0 Å². The van der Waals surface area contributed by atoms with E-state index < -0.39 is 0 Å². The van der Waals surface area contributed by atoms with Gasteiger partial charge in [-0.3, -0.25) is 14.3 Å². The lowest BCUT2D eigenvalue weighted by Crippen LogP contribution is -2.38. The lowest BCUT2D eigenvalue weighted by atomic mass is 10.2. The minimum atomic E-state index is -0.210. The van der Waals surface area contributed by atoms with Crippen molar-refractivity contribution in [1.82, 2.24) is 24.6 Å². The highest BCUT2D eigenvalue weighted by molar-refractivity contribution is 5.76. The molecule has 0 atom stereocenters. The molecule has 1 amide bonds. The third-order valence-corrected chi connectivity index (χ3v) is 4.72. The molecule has 0 aliphatic heterocycles. The van der Waals surface area contributed by atoms with Gasteiger partial charge in [-0.2, -0.15) is 0 Å². The van der Waals surface area contributed by atoms with E-state index in [0.29, 0.717) is 5.82 Å². The van der Waals surface area contributed by atoms with Crippen LogP contribution in [0.3, 0.4) is 0 Å². The highest BCUT2D eigenvalue weighted by Crippen LogP contribution is 2.36. The first-order chi connectivity index (χ1) is 11.7. The first kappa shape index (κ1) is 15.1. The highest BCUT2D eigenvalue weighted by Gasteiger charge is 2.31. The van der Waals surface area contributed by atoms with Gasteiger partial charge < -0.3 is 5.32 Å². The topological polar surface area (TPSA) is 81.8 Å². The van der Waals surface area contributed by atoms with E-state index >= 15 is 0 Å². The molecule has 7 nitrogen and oxygen atoms in total.